The fourth-order valence-electron chi connectivity index (χ4n) is 5.80. The summed E-state index contributed by atoms with van der Waals surface area (Å²) in [5.74, 6) is 2.29. The van der Waals surface area contributed by atoms with Gasteiger partial charge in [-0.25, -0.2) is 5.84 Å². The summed E-state index contributed by atoms with van der Waals surface area (Å²) in [6.45, 7) is 0.263. The maximum Gasteiger partial charge on any atom is 0.264 e. The number of benzene rings is 2. The molecule has 49 heavy (non-hydrogen) atoms. The minimum atomic E-state index is -1.10. The molecule has 2 aliphatic rings. The van der Waals surface area contributed by atoms with Gasteiger partial charge in [0.05, 0.1) is 28.8 Å². The van der Waals surface area contributed by atoms with Gasteiger partial charge in [0.25, 0.3) is 11.8 Å². The smallest absolute Gasteiger partial charge is 0.264 e. The number of carbonyl (C=O) groups excluding carboxylic acids is 5. The molecule has 16 heteroatoms. The fourth-order valence-corrected chi connectivity index (χ4v) is 5.80. The van der Waals surface area contributed by atoms with Gasteiger partial charge in [0.2, 0.25) is 23.5 Å². The Morgan fingerprint density at radius 2 is 1.82 bits per heavy atom. The first-order valence-corrected chi connectivity index (χ1v) is 15.7. The molecular formula is C33H36N6O10. The maximum atomic E-state index is 13.2. The Balaban J connectivity index is 1.04. The molecule has 1 atom stereocenters. The van der Waals surface area contributed by atoms with Crippen LogP contribution in [0.25, 0.3) is 11.0 Å². The maximum absolute atomic E-state index is 13.2. The standard InChI is InChI=1S/C33H36N6O10/c34-16-18(17-49-29-24(42)15-23(41)28-22(40)12-14-48-30(28)29)38(35)13-5-3-1-2-4-9-25(43)36-20-8-6-7-19-27(20)33(47)39(32(19)46)21-10-11-26(44)37-31(21)45/h6-8,12,14-16,21,41-42H,1-5,9-11,13,17,34-35H2,(H,36,43)(H,37,44,45)/b18-16-. The van der Waals surface area contributed by atoms with Crippen LogP contribution < -0.4 is 32.4 Å². The van der Waals surface area contributed by atoms with Gasteiger partial charge in [-0.3, -0.25) is 39.0 Å². The number of phenolic OH excluding ortho intramolecular Hbond substituents is 2. The number of nitrogens with zero attached hydrogens (tertiary/aromatic N) is 2. The number of hydrogen-bond acceptors (Lipinski definition) is 13. The lowest BCUT2D eigenvalue weighted by atomic mass is 10.0. The number of fused-ring (bicyclic) bond motifs is 2. The van der Waals surface area contributed by atoms with Crippen LogP contribution in [0.4, 0.5) is 5.69 Å². The number of piperidine rings is 1. The predicted octanol–water partition coefficient (Wildman–Crippen LogP) is 1.94. The lowest BCUT2D eigenvalue weighted by molar-refractivity contribution is -0.136. The zero-order valence-electron chi connectivity index (χ0n) is 26.4. The van der Waals surface area contributed by atoms with Crippen LogP contribution >= 0.6 is 0 Å². The van der Waals surface area contributed by atoms with Crippen molar-refractivity contribution in [3.63, 3.8) is 0 Å². The molecule has 0 radical (unpaired) electrons. The second kappa shape index (κ2) is 14.9. The van der Waals surface area contributed by atoms with Crippen molar-refractivity contribution in [3.8, 4) is 17.2 Å². The van der Waals surface area contributed by atoms with Crippen LogP contribution in [0.2, 0.25) is 0 Å². The number of nitrogens with two attached hydrogens (primary N) is 2. The normalized spacial score (nSPS) is 16.1. The van der Waals surface area contributed by atoms with Gasteiger partial charge in [0.15, 0.2) is 16.8 Å². The van der Waals surface area contributed by atoms with E-state index in [1.54, 1.807) is 6.07 Å². The van der Waals surface area contributed by atoms with Crippen LogP contribution in [0.15, 0.2) is 57.7 Å². The number of unbranched alkanes of at least 4 members (excludes halogenated alkanes) is 4. The van der Waals surface area contributed by atoms with Gasteiger partial charge in [-0.05, 0) is 31.4 Å². The molecule has 16 nitrogen and oxygen atoms in total. The molecule has 5 amide bonds. The molecule has 0 saturated carbocycles. The summed E-state index contributed by atoms with van der Waals surface area (Å²) in [5, 5.41) is 26.4. The van der Waals surface area contributed by atoms with Crippen molar-refractivity contribution in [2.75, 3.05) is 18.5 Å². The van der Waals surface area contributed by atoms with Crippen LogP contribution in [0.1, 0.15) is 72.1 Å². The molecule has 258 valence electrons. The van der Waals surface area contributed by atoms with Gasteiger partial charge in [-0.1, -0.05) is 25.3 Å². The number of imide groups is 2. The van der Waals surface area contributed by atoms with Crippen molar-refractivity contribution in [1.82, 2.24) is 15.2 Å². The average molecular weight is 677 g/mol. The molecule has 1 aromatic heterocycles. The largest absolute Gasteiger partial charge is 0.507 e. The molecule has 1 unspecified atom stereocenters. The molecule has 2 aromatic carbocycles. The number of carbonyl (C=O) groups is 5. The molecule has 5 rings (SSSR count). The van der Waals surface area contributed by atoms with E-state index in [0.29, 0.717) is 25.1 Å². The van der Waals surface area contributed by atoms with Crippen molar-refractivity contribution in [1.29, 1.82) is 0 Å². The SMILES string of the molecule is N/C=C(/COc1c(O)cc(O)c2c(=O)ccoc12)N(N)CCCCCCCC(=O)Nc1cccc2c1C(=O)N(C1CCC(=O)NC1=O)C2=O. The van der Waals surface area contributed by atoms with E-state index >= 15 is 0 Å². The molecule has 0 aliphatic carbocycles. The Hall–Kier alpha value is -5.90. The lowest BCUT2D eigenvalue weighted by Crippen LogP contribution is -2.54. The lowest BCUT2D eigenvalue weighted by Gasteiger charge is -2.27. The van der Waals surface area contributed by atoms with Crippen LogP contribution in [0.3, 0.4) is 0 Å². The van der Waals surface area contributed by atoms with Crippen LogP contribution in [-0.2, 0) is 14.4 Å². The Kier molecular flexibility index (Phi) is 10.5. The summed E-state index contributed by atoms with van der Waals surface area (Å²) >= 11 is 0. The fraction of sp³-hybridized carbons (Fsp3) is 0.333. The van der Waals surface area contributed by atoms with Crippen LogP contribution in [-0.4, -0.2) is 68.9 Å². The molecular weight excluding hydrogens is 640 g/mol. The number of nitrogens with one attached hydrogen (secondary N) is 2. The monoisotopic (exact) mass is 676 g/mol. The second-order valence-electron chi connectivity index (χ2n) is 11.6. The highest BCUT2D eigenvalue weighted by molar-refractivity contribution is 6.26. The van der Waals surface area contributed by atoms with E-state index in [9.17, 15) is 39.0 Å². The third kappa shape index (κ3) is 7.33. The summed E-state index contributed by atoms with van der Waals surface area (Å²) < 4.78 is 11.0. The number of rotatable bonds is 14. The van der Waals surface area contributed by atoms with Crippen molar-refractivity contribution in [3.05, 3.63) is 69.8 Å². The van der Waals surface area contributed by atoms with E-state index in [1.165, 1.54) is 23.3 Å². The number of hydrogen-bond donors (Lipinski definition) is 6. The van der Waals surface area contributed by atoms with E-state index in [2.05, 4.69) is 10.6 Å². The number of aromatic hydroxyl groups is 2. The molecule has 0 bridgehead atoms. The van der Waals surface area contributed by atoms with Crippen LogP contribution in [0.5, 0.6) is 17.2 Å². The van der Waals surface area contributed by atoms with Crippen LogP contribution in [0, 0.1) is 0 Å². The van der Waals surface area contributed by atoms with E-state index in [4.69, 9.17) is 20.7 Å². The minimum Gasteiger partial charge on any atom is -0.507 e. The first-order chi connectivity index (χ1) is 23.5. The first-order valence-electron chi connectivity index (χ1n) is 15.7. The summed E-state index contributed by atoms with van der Waals surface area (Å²) in [7, 11) is 0. The quantitative estimate of drug-likeness (QED) is 0.0619. The van der Waals surface area contributed by atoms with Gasteiger partial charge in [0, 0.05) is 37.7 Å². The summed E-state index contributed by atoms with van der Waals surface area (Å²) in [6.07, 6.45) is 6.21. The summed E-state index contributed by atoms with van der Waals surface area (Å²) in [6, 6.07) is 5.55. The van der Waals surface area contributed by atoms with Crippen molar-refractivity contribution in [2.45, 2.75) is 57.4 Å². The molecule has 0 spiro atoms. The van der Waals surface area contributed by atoms with Crippen molar-refractivity contribution < 1.29 is 43.3 Å². The third-order valence-corrected chi connectivity index (χ3v) is 8.32. The highest BCUT2D eigenvalue weighted by Gasteiger charge is 2.45. The molecule has 3 heterocycles. The molecule has 3 aromatic rings. The topological polar surface area (TPSA) is 248 Å². The van der Waals surface area contributed by atoms with E-state index < -0.39 is 46.6 Å². The zero-order chi connectivity index (χ0) is 35.2. The van der Waals surface area contributed by atoms with E-state index in [-0.39, 0.29) is 65.3 Å². The number of ether oxygens (including phenoxy) is 1. The van der Waals surface area contributed by atoms with E-state index in [0.717, 1.165) is 42.6 Å². The Morgan fingerprint density at radius 3 is 2.57 bits per heavy atom. The van der Waals surface area contributed by atoms with Crippen molar-refractivity contribution >= 4 is 46.2 Å². The number of anilines is 1. The first kappa shape index (κ1) is 34.4. The molecule has 1 saturated heterocycles. The molecule has 8 N–H and O–H groups in total. The highest BCUT2D eigenvalue weighted by atomic mass is 16.5. The number of phenols is 2. The van der Waals surface area contributed by atoms with Gasteiger partial charge >= 0.3 is 0 Å². The molecule has 2 aliphatic heterocycles. The predicted molar refractivity (Wildman–Crippen MR) is 174 cm³/mol. The average Bonchev–Trinajstić information content (AvgIpc) is 3.31. The summed E-state index contributed by atoms with van der Waals surface area (Å²) in [5.41, 5.74) is 5.80. The van der Waals surface area contributed by atoms with Gasteiger partial charge in [-0.15, -0.1) is 0 Å². The minimum absolute atomic E-state index is 0.00745. The highest BCUT2D eigenvalue weighted by Crippen LogP contribution is 2.39. The Morgan fingerprint density at radius 1 is 1.06 bits per heavy atom. The summed E-state index contributed by atoms with van der Waals surface area (Å²) in [4.78, 5) is 75.8. The Labute approximate surface area is 279 Å². The third-order valence-electron chi connectivity index (χ3n) is 8.32. The zero-order valence-corrected chi connectivity index (χ0v) is 26.4. The number of hydrazine groups is 1. The van der Waals surface area contributed by atoms with E-state index in [1.807, 2.05) is 0 Å². The van der Waals surface area contributed by atoms with Gasteiger partial charge < -0.3 is 35.4 Å². The van der Waals surface area contributed by atoms with Gasteiger partial charge in [-0.2, -0.15) is 0 Å². The van der Waals surface area contributed by atoms with Crippen molar-refractivity contribution in [2.24, 2.45) is 11.6 Å². The number of amides is 5. The Bertz CT molecular complexity index is 1900. The van der Waals surface area contributed by atoms with Gasteiger partial charge in [0.1, 0.15) is 23.8 Å². The second-order valence-corrected chi connectivity index (χ2v) is 11.6. The molecule has 1 fully saturated rings.